The number of benzene rings is 1. The Hall–Kier alpha value is -1.55. The highest BCUT2D eigenvalue weighted by molar-refractivity contribution is 5.46. The summed E-state index contributed by atoms with van der Waals surface area (Å²) in [7, 11) is 1.68. The van der Waals surface area contributed by atoms with Gasteiger partial charge in [-0.15, -0.1) is 0 Å². The van der Waals surface area contributed by atoms with Crippen LogP contribution in [0, 0.1) is 0 Å². The first-order valence-corrected chi connectivity index (χ1v) is 6.37. The number of nitrogens with one attached hydrogen (secondary N) is 1. The first kappa shape index (κ1) is 12.9. The van der Waals surface area contributed by atoms with E-state index in [0.29, 0.717) is 6.04 Å². The van der Waals surface area contributed by atoms with E-state index in [1.165, 1.54) is 5.56 Å². The Bertz CT molecular complexity index is 370. The molecule has 0 spiro atoms. The maximum Gasteiger partial charge on any atom is 0.207 e. The Kier molecular flexibility index (Phi) is 4.59. The molecule has 0 saturated carbocycles. The van der Waals surface area contributed by atoms with Crippen LogP contribution in [0.25, 0.3) is 0 Å². The lowest BCUT2D eigenvalue weighted by atomic mass is 10.0. The van der Waals surface area contributed by atoms with Crippen LogP contribution in [0.1, 0.15) is 18.4 Å². The first-order valence-electron chi connectivity index (χ1n) is 6.37. The van der Waals surface area contributed by atoms with Crippen LogP contribution >= 0.6 is 0 Å². The lowest BCUT2D eigenvalue weighted by Gasteiger charge is -2.31. The minimum absolute atomic E-state index is 0.356. The largest absolute Gasteiger partial charge is 0.497 e. The minimum atomic E-state index is 0.356. The van der Waals surface area contributed by atoms with Gasteiger partial charge in [0.25, 0.3) is 0 Å². The summed E-state index contributed by atoms with van der Waals surface area (Å²) in [4.78, 5) is 12.8. The van der Waals surface area contributed by atoms with Crippen LogP contribution in [0.5, 0.6) is 5.75 Å². The number of hydrogen-bond donors (Lipinski definition) is 1. The van der Waals surface area contributed by atoms with Gasteiger partial charge in [-0.3, -0.25) is 9.69 Å². The molecule has 2 rings (SSSR count). The number of carbonyl (C=O) groups is 1. The molecule has 0 aromatic heterocycles. The summed E-state index contributed by atoms with van der Waals surface area (Å²) in [5.41, 5.74) is 1.30. The molecule has 1 saturated heterocycles. The standard InChI is InChI=1S/C14H20N2O2/c1-18-14-4-2-12(3-5-14)10-16-8-6-13(7-9-16)15-11-17/h2-5,11,13H,6-10H2,1H3,(H,15,17). The molecule has 1 heterocycles. The van der Waals surface area contributed by atoms with Gasteiger partial charge < -0.3 is 10.1 Å². The van der Waals surface area contributed by atoms with Crippen molar-refractivity contribution >= 4 is 6.41 Å². The molecule has 1 aliphatic heterocycles. The fourth-order valence-electron chi connectivity index (χ4n) is 2.34. The molecule has 0 radical (unpaired) electrons. The van der Waals surface area contributed by atoms with Gasteiger partial charge >= 0.3 is 0 Å². The Morgan fingerprint density at radius 3 is 2.56 bits per heavy atom. The Balaban J connectivity index is 1.81. The van der Waals surface area contributed by atoms with Gasteiger partial charge in [-0.2, -0.15) is 0 Å². The van der Waals surface area contributed by atoms with Crippen LogP contribution in [-0.4, -0.2) is 37.6 Å². The van der Waals surface area contributed by atoms with Crippen LogP contribution in [0.2, 0.25) is 0 Å². The van der Waals surface area contributed by atoms with Gasteiger partial charge in [0.05, 0.1) is 7.11 Å². The van der Waals surface area contributed by atoms with Crippen LogP contribution in [0.4, 0.5) is 0 Å². The SMILES string of the molecule is COc1ccc(CN2CCC(NC=O)CC2)cc1. The van der Waals surface area contributed by atoms with Crippen molar-refractivity contribution in [2.24, 2.45) is 0 Å². The smallest absolute Gasteiger partial charge is 0.207 e. The van der Waals surface area contributed by atoms with Gasteiger partial charge in [-0.05, 0) is 30.5 Å². The molecule has 0 atom stereocenters. The minimum Gasteiger partial charge on any atom is -0.497 e. The summed E-state index contributed by atoms with van der Waals surface area (Å²) in [5, 5.41) is 2.86. The van der Waals surface area contributed by atoms with E-state index in [1.54, 1.807) is 7.11 Å². The van der Waals surface area contributed by atoms with Crippen molar-refractivity contribution in [3.8, 4) is 5.75 Å². The molecule has 1 amide bonds. The quantitative estimate of drug-likeness (QED) is 0.801. The van der Waals surface area contributed by atoms with Crippen molar-refractivity contribution in [3.05, 3.63) is 29.8 Å². The molecule has 0 aliphatic carbocycles. The lowest BCUT2D eigenvalue weighted by molar-refractivity contribution is -0.110. The predicted octanol–water partition coefficient (Wildman–Crippen LogP) is 1.41. The summed E-state index contributed by atoms with van der Waals surface area (Å²) in [6.45, 7) is 3.05. The Labute approximate surface area is 108 Å². The highest BCUT2D eigenvalue weighted by atomic mass is 16.5. The Morgan fingerprint density at radius 2 is 2.00 bits per heavy atom. The number of rotatable bonds is 5. The summed E-state index contributed by atoms with van der Waals surface area (Å²) in [5.74, 6) is 0.896. The van der Waals surface area contributed by atoms with E-state index < -0.39 is 0 Å². The van der Waals surface area contributed by atoms with E-state index in [9.17, 15) is 4.79 Å². The topological polar surface area (TPSA) is 41.6 Å². The monoisotopic (exact) mass is 248 g/mol. The zero-order chi connectivity index (χ0) is 12.8. The fourth-order valence-corrected chi connectivity index (χ4v) is 2.34. The molecule has 1 aromatic carbocycles. The van der Waals surface area contributed by atoms with Crippen molar-refractivity contribution in [2.45, 2.75) is 25.4 Å². The van der Waals surface area contributed by atoms with Gasteiger partial charge in [0.1, 0.15) is 5.75 Å². The van der Waals surface area contributed by atoms with E-state index in [-0.39, 0.29) is 0 Å². The molecule has 0 unspecified atom stereocenters. The van der Waals surface area contributed by atoms with Crippen LogP contribution in [0.3, 0.4) is 0 Å². The van der Waals surface area contributed by atoms with Crippen molar-refractivity contribution in [3.63, 3.8) is 0 Å². The second kappa shape index (κ2) is 6.40. The summed E-state index contributed by atoms with van der Waals surface area (Å²) in [6, 6.07) is 8.56. The maximum atomic E-state index is 10.4. The Morgan fingerprint density at radius 1 is 1.33 bits per heavy atom. The maximum absolute atomic E-state index is 10.4. The number of methoxy groups -OCH3 is 1. The third-order valence-corrected chi connectivity index (χ3v) is 3.46. The van der Waals surface area contributed by atoms with E-state index in [2.05, 4.69) is 22.3 Å². The first-order chi connectivity index (χ1) is 8.81. The van der Waals surface area contributed by atoms with E-state index in [0.717, 1.165) is 44.6 Å². The molecule has 1 fully saturated rings. The summed E-state index contributed by atoms with van der Waals surface area (Å²) < 4.78 is 5.15. The van der Waals surface area contributed by atoms with E-state index >= 15 is 0 Å². The van der Waals surface area contributed by atoms with Crippen molar-refractivity contribution < 1.29 is 9.53 Å². The van der Waals surface area contributed by atoms with Crippen LogP contribution in [-0.2, 0) is 11.3 Å². The van der Waals surface area contributed by atoms with Crippen LogP contribution in [0.15, 0.2) is 24.3 Å². The average molecular weight is 248 g/mol. The molecule has 1 N–H and O–H groups in total. The molecule has 1 aliphatic rings. The zero-order valence-electron chi connectivity index (χ0n) is 10.8. The third kappa shape index (κ3) is 3.47. The van der Waals surface area contributed by atoms with Gasteiger partial charge in [0.2, 0.25) is 6.41 Å². The fraction of sp³-hybridized carbons (Fsp3) is 0.500. The second-order valence-electron chi connectivity index (χ2n) is 4.68. The highest BCUT2D eigenvalue weighted by Gasteiger charge is 2.18. The molecule has 4 heteroatoms. The van der Waals surface area contributed by atoms with E-state index in [1.807, 2.05) is 12.1 Å². The molecule has 0 bridgehead atoms. The zero-order valence-corrected chi connectivity index (χ0v) is 10.8. The van der Waals surface area contributed by atoms with Gasteiger partial charge in [-0.1, -0.05) is 12.1 Å². The second-order valence-corrected chi connectivity index (χ2v) is 4.68. The molecular weight excluding hydrogens is 228 g/mol. The number of ether oxygens (including phenoxy) is 1. The lowest BCUT2D eigenvalue weighted by Crippen LogP contribution is -2.41. The van der Waals surface area contributed by atoms with Crippen LogP contribution < -0.4 is 10.1 Å². The third-order valence-electron chi connectivity index (χ3n) is 3.46. The molecule has 4 nitrogen and oxygen atoms in total. The average Bonchev–Trinajstić information content (AvgIpc) is 2.42. The predicted molar refractivity (Wildman–Crippen MR) is 70.5 cm³/mol. The molecule has 1 aromatic rings. The van der Waals surface area contributed by atoms with Crippen molar-refractivity contribution in [2.75, 3.05) is 20.2 Å². The normalized spacial score (nSPS) is 17.4. The van der Waals surface area contributed by atoms with Gasteiger partial charge in [0.15, 0.2) is 0 Å². The van der Waals surface area contributed by atoms with Crippen molar-refractivity contribution in [1.82, 2.24) is 10.2 Å². The van der Waals surface area contributed by atoms with Gasteiger partial charge in [0, 0.05) is 25.7 Å². The number of amides is 1. The highest BCUT2D eigenvalue weighted by Crippen LogP contribution is 2.16. The number of likely N-dealkylation sites (tertiary alicyclic amines) is 1. The molecule has 18 heavy (non-hydrogen) atoms. The summed E-state index contributed by atoms with van der Waals surface area (Å²) in [6.07, 6.45) is 2.88. The van der Waals surface area contributed by atoms with E-state index in [4.69, 9.17) is 4.74 Å². The van der Waals surface area contributed by atoms with Crippen molar-refractivity contribution in [1.29, 1.82) is 0 Å². The van der Waals surface area contributed by atoms with Gasteiger partial charge in [-0.25, -0.2) is 0 Å². The molecular formula is C14H20N2O2. The number of hydrogen-bond acceptors (Lipinski definition) is 3. The summed E-state index contributed by atoms with van der Waals surface area (Å²) >= 11 is 0. The number of piperidine rings is 1. The number of carbonyl (C=O) groups excluding carboxylic acids is 1. The number of nitrogens with zero attached hydrogens (tertiary/aromatic N) is 1. The molecule has 98 valence electrons.